The number of nitrogens with one attached hydrogen (secondary N) is 1. The Balaban J connectivity index is 2.55. The Morgan fingerprint density at radius 1 is 1.28 bits per heavy atom. The maximum Gasteiger partial charge on any atom is 0.134 e. The van der Waals surface area contributed by atoms with Crippen molar-refractivity contribution >= 4 is 23.2 Å². The van der Waals surface area contributed by atoms with Gasteiger partial charge in [-0.3, -0.25) is 0 Å². The lowest BCUT2D eigenvalue weighted by Gasteiger charge is -2.19. The van der Waals surface area contributed by atoms with Gasteiger partial charge in [0, 0.05) is 19.7 Å². The van der Waals surface area contributed by atoms with Crippen LogP contribution in [0.25, 0.3) is 0 Å². The zero-order valence-electron chi connectivity index (χ0n) is 10.7. The van der Waals surface area contributed by atoms with Crippen LogP contribution in [-0.2, 0) is 4.74 Å². The summed E-state index contributed by atoms with van der Waals surface area (Å²) in [7, 11) is 1.66. The molecule has 5 heteroatoms. The van der Waals surface area contributed by atoms with Gasteiger partial charge in [0.15, 0.2) is 0 Å². The van der Waals surface area contributed by atoms with Crippen molar-refractivity contribution in [3.8, 4) is 5.75 Å². The third-order valence-corrected chi connectivity index (χ3v) is 3.08. The molecule has 0 fully saturated rings. The van der Waals surface area contributed by atoms with Gasteiger partial charge in [0.2, 0.25) is 0 Å². The molecule has 3 nitrogen and oxygen atoms in total. The molecule has 1 N–H and O–H groups in total. The number of ether oxygens (including phenoxy) is 2. The molecule has 0 aromatic heterocycles. The van der Waals surface area contributed by atoms with E-state index in [0.717, 1.165) is 19.5 Å². The van der Waals surface area contributed by atoms with Crippen LogP contribution in [0, 0.1) is 0 Å². The van der Waals surface area contributed by atoms with E-state index >= 15 is 0 Å². The van der Waals surface area contributed by atoms with Crippen LogP contribution in [0.5, 0.6) is 5.75 Å². The Morgan fingerprint density at radius 2 is 2.06 bits per heavy atom. The summed E-state index contributed by atoms with van der Waals surface area (Å²) in [5, 5.41) is 4.32. The van der Waals surface area contributed by atoms with E-state index in [1.165, 1.54) is 0 Å². The molecule has 1 rings (SSSR count). The molecule has 0 aliphatic heterocycles. The van der Waals surface area contributed by atoms with Gasteiger partial charge in [-0.25, -0.2) is 0 Å². The molecule has 0 aliphatic carbocycles. The average Bonchev–Trinajstić information content (AvgIpc) is 2.34. The smallest absolute Gasteiger partial charge is 0.134 e. The highest BCUT2D eigenvalue weighted by atomic mass is 35.5. The van der Waals surface area contributed by atoms with Crippen molar-refractivity contribution in [2.45, 2.75) is 19.4 Å². The molecule has 1 atom stereocenters. The maximum atomic E-state index is 5.94. The molecule has 1 aromatic rings. The van der Waals surface area contributed by atoms with Gasteiger partial charge in [-0.05, 0) is 25.1 Å². The van der Waals surface area contributed by atoms with Gasteiger partial charge in [-0.2, -0.15) is 0 Å². The van der Waals surface area contributed by atoms with Gasteiger partial charge in [0.1, 0.15) is 11.9 Å². The largest absolute Gasteiger partial charge is 0.487 e. The maximum absolute atomic E-state index is 5.94. The molecule has 0 aliphatic rings. The van der Waals surface area contributed by atoms with Crippen LogP contribution in [0.15, 0.2) is 18.2 Å². The molecular weight excluding hydrogens is 273 g/mol. The summed E-state index contributed by atoms with van der Waals surface area (Å²) in [4.78, 5) is 0. The Bertz CT molecular complexity index is 361. The molecular formula is C13H19Cl2NO2. The third-order valence-electron chi connectivity index (χ3n) is 2.35. The van der Waals surface area contributed by atoms with E-state index in [9.17, 15) is 0 Å². The van der Waals surface area contributed by atoms with Crippen molar-refractivity contribution in [3.63, 3.8) is 0 Å². The Hall–Kier alpha value is -0.480. The van der Waals surface area contributed by atoms with Gasteiger partial charge in [0.25, 0.3) is 0 Å². The normalized spacial score (nSPS) is 12.4. The quantitative estimate of drug-likeness (QED) is 0.745. The third kappa shape index (κ3) is 5.44. The van der Waals surface area contributed by atoms with Crippen LogP contribution >= 0.6 is 23.2 Å². The minimum Gasteiger partial charge on any atom is -0.487 e. The summed E-state index contributed by atoms with van der Waals surface area (Å²) in [6, 6.07) is 5.24. The van der Waals surface area contributed by atoms with E-state index in [2.05, 4.69) is 12.2 Å². The number of rotatable bonds is 8. The second-order valence-electron chi connectivity index (χ2n) is 3.98. The summed E-state index contributed by atoms with van der Waals surface area (Å²) in [5.41, 5.74) is 0. The first-order valence-corrected chi connectivity index (χ1v) is 6.74. The standard InChI is InChI=1S/C13H19Cl2NO2/c1-3-6-16-8-11(9-17-2)18-10-4-5-12(14)13(15)7-10/h4-5,7,11,16H,3,6,8-9H2,1-2H3. The van der Waals surface area contributed by atoms with Crippen molar-refractivity contribution in [1.82, 2.24) is 5.32 Å². The molecule has 0 amide bonds. The van der Waals surface area contributed by atoms with E-state index in [1.54, 1.807) is 25.3 Å². The predicted octanol–water partition coefficient (Wildman–Crippen LogP) is 3.39. The second-order valence-corrected chi connectivity index (χ2v) is 4.79. The lowest BCUT2D eigenvalue weighted by Crippen LogP contribution is -2.35. The van der Waals surface area contributed by atoms with Crippen molar-refractivity contribution in [3.05, 3.63) is 28.2 Å². The highest BCUT2D eigenvalue weighted by Crippen LogP contribution is 2.26. The molecule has 1 unspecified atom stereocenters. The highest BCUT2D eigenvalue weighted by Gasteiger charge is 2.10. The van der Waals surface area contributed by atoms with Gasteiger partial charge in [0.05, 0.1) is 16.7 Å². The van der Waals surface area contributed by atoms with Crippen molar-refractivity contribution < 1.29 is 9.47 Å². The van der Waals surface area contributed by atoms with Gasteiger partial charge in [-0.1, -0.05) is 30.1 Å². The van der Waals surface area contributed by atoms with Crippen LogP contribution in [0.3, 0.4) is 0 Å². The van der Waals surface area contributed by atoms with Crippen molar-refractivity contribution in [2.24, 2.45) is 0 Å². The number of benzene rings is 1. The first kappa shape index (κ1) is 15.6. The van der Waals surface area contributed by atoms with Crippen LogP contribution in [0.2, 0.25) is 10.0 Å². The number of hydrogen-bond acceptors (Lipinski definition) is 3. The van der Waals surface area contributed by atoms with Crippen molar-refractivity contribution in [1.29, 1.82) is 0 Å². The first-order chi connectivity index (χ1) is 8.67. The first-order valence-electron chi connectivity index (χ1n) is 5.98. The second kappa shape index (κ2) is 8.59. The topological polar surface area (TPSA) is 30.5 Å². The lowest BCUT2D eigenvalue weighted by molar-refractivity contribution is 0.0807. The predicted molar refractivity (Wildman–Crippen MR) is 75.9 cm³/mol. The number of hydrogen-bond donors (Lipinski definition) is 1. The van der Waals surface area contributed by atoms with Gasteiger partial charge < -0.3 is 14.8 Å². The SMILES string of the molecule is CCCNCC(COC)Oc1ccc(Cl)c(Cl)c1. The van der Waals surface area contributed by atoms with Crippen LogP contribution in [0.1, 0.15) is 13.3 Å². The van der Waals surface area contributed by atoms with E-state index in [4.69, 9.17) is 32.7 Å². The fourth-order valence-corrected chi connectivity index (χ4v) is 1.79. The Labute approximate surface area is 118 Å². The zero-order chi connectivity index (χ0) is 13.4. The molecule has 0 bridgehead atoms. The monoisotopic (exact) mass is 291 g/mol. The minimum absolute atomic E-state index is 0.0428. The van der Waals surface area contributed by atoms with Crippen LogP contribution < -0.4 is 10.1 Å². The highest BCUT2D eigenvalue weighted by molar-refractivity contribution is 6.42. The van der Waals surface area contributed by atoms with Crippen LogP contribution in [0.4, 0.5) is 0 Å². The van der Waals surface area contributed by atoms with Crippen LogP contribution in [-0.4, -0.2) is 32.9 Å². The molecule has 0 saturated heterocycles. The molecule has 0 radical (unpaired) electrons. The summed E-state index contributed by atoms with van der Waals surface area (Å²) in [6.45, 7) is 4.35. The zero-order valence-corrected chi connectivity index (χ0v) is 12.2. The van der Waals surface area contributed by atoms with E-state index in [0.29, 0.717) is 22.4 Å². The molecule has 18 heavy (non-hydrogen) atoms. The average molecular weight is 292 g/mol. The van der Waals surface area contributed by atoms with Crippen molar-refractivity contribution in [2.75, 3.05) is 26.8 Å². The number of halogens is 2. The molecule has 0 heterocycles. The molecule has 1 aromatic carbocycles. The fourth-order valence-electron chi connectivity index (χ4n) is 1.50. The van der Waals surface area contributed by atoms with Gasteiger partial charge in [-0.15, -0.1) is 0 Å². The van der Waals surface area contributed by atoms with E-state index < -0.39 is 0 Å². The Kier molecular flexibility index (Phi) is 7.44. The molecule has 102 valence electrons. The van der Waals surface area contributed by atoms with E-state index in [1.807, 2.05) is 0 Å². The van der Waals surface area contributed by atoms with E-state index in [-0.39, 0.29) is 6.10 Å². The molecule has 0 spiro atoms. The lowest BCUT2D eigenvalue weighted by atomic mass is 10.3. The number of methoxy groups -OCH3 is 1. The minimum atomic E-state index is -0.0428. The van der Waals surface area contributed by atoms with Gasteiger partial charge >= 0.3 is 0 Å². The molecule has 0 saturated carbocycles. The summed E-state index contributed by atoms with van der Waals surface area (Å²) in [6.07, 6.45) is 1.05. The Morgan fingerprint density at radius 3 is 2.67 bits per heavy atom. The summed E-state index contributed by atoms with van der Waals surface area (Å²) >= 11 is 11.8. The summed E-state index contributed by atoms with van der Waals surface area (Å²) in [5.74, 6) is 0.699. The fraction of sp³-hybridized carbons (Fsp3) is 0.538. The summed E-state index contributed by atoms with van der Waals surface area (Å²) < 4.78 is 10.9.